The van der Waals surface area contributed by atoms with E-state index >= 15 is 0 Å². The second kappa shape index (κ2) is 7.19. The van der Waals surface area contributed by atoms with Gasteiger partial charge in [0.2, 0.25) is 5.75 Å². The molecule has 1 N–H and O–H groups in total. The zero-order chi connectivity index (χ0) is 18.7. The first-order chi connectivity index (χ1) is 12.6. The summed E-state index contributed by atoms with van der Waals surface area (Å²) in [5, 5.41) is 9.64. The Morgan fingerprint density at radius 2 is 1.85 bits per heavy atom. The molecule has 3 aromatic rings. The van der Waals surface area contributed by atoms with E-state index in [9.17, 15) is 5.26 Å². The highest BCUT2D eigenvalue weighted by Crippen LogP contribution is 2.41. The largest absolute Gasteiger partial charge is 0.493 e. The van der Waals surface area contributed by atoms with Crippen LogP contribution in [0.25, 0.3) is 22.7 Å². The maximum absolute atomic E-state index is 9.64. The zero-order valence-electron chi connectivity index (χ0n) is 15.1. The number of aryl methyl sites for hydroxylation is 1. The third-order valence-corrected chi connectivity index (χ3v) is 4.05. The molecule has 6 nitrogen and oxygen atoms in total. The number of nitrogens with one attached hydrogen (secondary N) is 1. The van der Waals surface area contributed by atoms with E-state index in [0.29, 0.717) is 34.2 Å². The number of nitriles is 1. The van der Waals surface area contributed by atoms with Crippen LogP contribution in [0.5, 0.6) is 17.2 Å². The van der Waals surface area contributed by atoms with Crippen molar-refractivity contribution in [2.75, 3.05) is 21.3 Å². The second-order valence-electron chi connectivity index (χ2n) is 5.70. The minimum atomic E-state index is 0.393. The molecule has 0 bridgehead atoms. The fourth-order valence-electron chi connectivity index (χ4n) is 2.80. The summed E-state index contributed by atoms with van der Waals surface area (Å²) in [5.74, 6) is 2.02. The molecule has 3 rings (SSSR count). The van der Waals surface area contributed by atoms with Crippen LogP contribution in [0.4, 0.5) is 0 Å². The smallest absolute Gasteiger partial charge is 0.203 e. The average molecular weight is 349 g/mol. The van der Waals surface area contributed by atoms with Crippen LogP contribution in [-0.2, 0) is 0 Å². The van der Waals surface area contributed by atoms with Crippen molar-refractivity contribution in [3.8, 4) is 23.3 Å². The van der Waals surface area contributed by atoms with Gasteiger partial charge in [-0.2, -0.15) is 5.26 Å². The zero-order valence-corrected chi connectivity index (χ0v) is 15.1. The Hall–Kier alpha value is -3.46. The fourth-order valence-corrected chi connectivity index (χ4v) is 2.80. The summed E-state index contributed by atoms with van der Waals surface area (Å²) in [5.41, 5.74) is 3.91. The number of rotatable bonds is 5. The van der Waals surface area contributed by atoms with Gasteiger partial charge in [-0.25, -0.2) is 4.98 Å². The molecule has 0 aliphatic rings. The lowest BCUT2D eigenvalue weighted by Crippen LogP contribution is -1.97. The number of allylic oxidation sites excluding steroid dienone is 1. The standard InChI is InChI=1S/C20H19N3O3/c1-12-5-7-15-16(9-12)23-20(22-15)14(11-21)10-13-6-8-17(24-2)19(26-4)18(13)25-3/h5-10H,1-4H3,(H,22,23). The van der Waals surface area contributed by atoms with E-state index in [1.54, 1.807) is 33.5 Å². The first kappa shape index (κ1) is 17.4. The Labute approximate surface area is 151 Å². The quantitative estimate of drug-likeness (QED) is 0.705. The number of ether oxygens (including phenoxy) is 3. The van der Waals surface area contributed by atoms with Gasteiger partial charge in [0.15, 0.2) is 11.5 Å². The molecule has 1 heterocycles. The maximum atomic E-state index is 9.64. The van der Waals surface area contributed by atoms with Crippen LogP contribution in [0.1, 0.15) is 17.0 Å². The lowest BCUT2D eigenvalue weighted by atomic mass is 10.1. The molecule has 0 amide bonds. The molecule has 6 heteroatoms. The molecule has 26 heavy (non-hydrogen) atoms. The molecule has 0 aliphatic heterocycles. The minimum absolute atomic E-state index is 0.393. The van der Waals surface area contributed by atoms with E-state index < -0.39 is 0 Å². The molecule has 0 radical (unpaired) electrons. The summed E-state index contributed by atoms with van der Waals surface area (Å²) >= 11 is 0. The monoisotopic (exact) mass is 349 g/mol. The van der Waals surface area contributed by atoms with Crippen molar-refractivity contribution >= 4 is 22.7 Å². The van der Waals surface area contributed by atoms with E-state index in [2.05, 4.69) is 16.0 Å². The SMILES string of the molecule is COc1ccc(C=C(C#N)c2nc3ccc(C)cc3[nH]2)c(OC)c1OC. The topological polar surface area (TPSA) is 80.2 Å². The van der Waals surface area contributed by atoms with E-state index in [1.807, 2.05) is 31.2 Å². The van der Waals surface area contributed by atoms with Crippen molar-refractivity contribution in [1.29, 1.82) is 5.26 Å². The Kier molecular flexibility index (Phi) is 4.81. The second-order valence-corrected chi connectivity index (χ2v) is 5.70. The molecule has 0 unspecified atom stereocenters. The molecular formula is C20H19N3O3. The molecule has 1 aromatic heterocycles. The lowest BCUT2D eigenvalue weighted by molar-refractivity contribution is 0.324. The van der Waals surface area contributed by atoms with Crippen LogP contribution in [0.3, 0.4) is 0 Å². The summed E-state index contributed by atoms with van der Waals surface area (Å²) in [7, 11) is 4.65. The van der Waals surface area contributed by atoms with Crippen molar-refractivity contribution < 1.29 is 14.2 Å². The van der Waals surface area contributed by atoms with Gasteiger partial charge in [0.1, 0.15) is 11.9 Å². The maximum Gasteiger partial charge on any atom is 0.203 e. The highest BCUT2D eigenvalue weighted by molar-refractivity contribution is 5.91. The highest BCUT2D eigenvalue weighted by atomic mass is 16.5. The van der Waals surface area contributed by atoms with E-state index in [0.717, 1.165) is 16.6 Å². The van der Waals surface area contributed by atoms with E-state index in [4.69, 9.17) is 14.2 Å². The molecule has 2 aromatic carbocycles. The van der Waals surface area contributed by atoms with Crippen molar-refractivity contribution in [2.45, 2.75) is 6.92 Å². The first-order valence-corrected chi connectivity index (χ1v) is 7.98. The van der Waals surface area contributed by atoms with Crippen LogP contribution in [0.2, 0.25) is 0 Å². The van der Waals surface area contributed by atoms with Gasteiger partial charge in [0, 0.05) is 5.56 Å². The molecule has 0 atom stereocenters. The third-order valence-electron chi connectivity index (χ3n) is 4.05. The number of hydrogen-bond acceptors (Lipinski definition) is 5. The summed E-state index contributed by atoms with van der Waals surface area (Å²) in [4.78, 5) is 7.71. The van der Waals surface area contributed by atoms with E-state index in [1.165, 1.54) is 0 Å². The Morgan fingerprint density at radius 1 is 1.08 bits per heavy atom. The van der Waals surface area contributed by atoms with Gasteiger partial charge < -0.3 is 19.2 Å². The summed E-state index contributed by atoms with van der Waals surface area (Å²) in [6.45, 7) is 2.01. The van der Waals surface area contributed by atoms with E-state index in [-0.39, 0.29) is 0 Å². The number of methoxy groups -OCH3 is 3. The number of benzene rings is 2. The molecular weight excluding hydrogens is 330 g/mol. The van der Waals surface area contributed by atoms with Crippen LogP contribution >= 0.6 is 0 Å². The minimum Gasteiger partial charge on any atom is -0.493 e. The number of imidazole rings is 1. The van der Waals surface area contributed by atoms with Crippen molar-refractivity contribution in [1.82, 2.24) is 9.97 Å². The average Bonchev–Trinajstić information content (AvgIpc) is 3.07. The van der Waals surface area contributed by atoms with Gasteiger partial charge in [-0.05, 0) is 42.8 Å². The molecule has 0 spiro atoms. The number of hydrogen-bond donors (Lipinski definition) is 1. The fraction of sp³-hybridized carbons (Fsp3) is 0.200. The van der Waals surface area contributed by atoms with Gasteiger partial charge in [-0.1, -0.05) is 6.07 Å². The van der Waals surface area contributed by atoms with Gasteiger partial charge in [-0.3, -0.25) is 0 Å². The van der Waals surface area contributed by atoms with Crippen molar-refractivity contribution in [3.05, 3.63) is 47.3 Å². The van der Waals surface area contributed by atoms with Crippen LogP contribution in [0, 0.1) is 18.3 Å². The molecule has 0 saturated heterocycles. The van der Waals surface area contributed by atoms with Crippen LogP contribution < -0.4 is 14.2 Å². The Bertz CT molecular complexity index is 1030. The Morgan fingerprint density at radius 3 is 2.50 bits per heavy atom. The first-order valence-electron chi connectivity index (χ1n) is 7.98. The third kappa shape index (κ3) is 3.07. The number of aromatic nitrogens is 2. The highest BCUT2D eigenvalue weighted by Gasteiger charge is 2.16. The van der Waals surface area contributed by atoms with Gasteiger partial charge in [0.05, 0.1) is 37.9 Å². The van der Waals surface area contributed by atoms with Crippen molar-refractivity contribution in [2.24, 2.45) is 0 Å². The predicted octanol–water partition coefficient (Wildman–Crippen LogP) is 3.96. The Balaban J connectivity index is 2.13. The normalized spacial score (nSPS) is 11.3. The lowest BCUT2D eigenvalue weighted by Gasteiger charge is -2.14. The van der Waals surface area contributed by atoms with Gasteiger partial charge >= 0.3 is 0 Å². The van der Waals surface area contributed by atoms with Crippen LogP contribution in [0.15, 0.2) is 30.3 Å². The molecule has 0 saturated carbocycles. The number of H-pyrrole nitrogens is 1. The molecule has 0 aliphatic carbocycles. The van der Waals surface area contributed by atoms with Crippen LogP contribution in [-0.4, -0.2) is 31.3 Å². The van der Waals surface area contributed by atoms with Crippen molar-refractivity contribution in [3.63, 3.8) is 0 Å². The van der Waals surface area contributed by atoms with Gasteiger partial charge in [-0.15, -0.1) is 0 Å². The van der Waals surface area contributed by atoms with Gasteiger partial charge in [0.25, 0.3) is 0 Å². The summed E-state index contributed by atoms with van der Waals surface area (Å²) in [6, 6.07) is 11.7. The number of nitrogens with zero attached hydrogens (tertiary/aromatic N) is 2. The number of fused-ring (bicyclic) bond motifs is 1. The molecule has 0 fully saturated rings. The predicted molar refractivity (Wildman–Crippen MR) is 100 cm³/mol. The number of aromatic amines is 1. The summed E-state index contributed by atoms with van der Waals surface area (Å²) < 4.78 is 16.2. The summed E-state index contributed by atoms with van der Waals surface area (Å²) in [6.07, 6.45) is 1.71. The molecule has 132 valence electrons.